The Balaban J connectivity index is 1.79. The number of hydrogen-bond acceptors (Lipinski definition) is 6. The second kappa shape index (κ2) is 6.69. The zero-order valence-electron chi connectivity index (χ0n) is 14.9. The van der Waals surface area contributed by atoms with Gasteiger partial charge in [-0.2, -0.15) is 4.31 Å². The van der Waals surface area contributed by atoms with Crippen molar-refractivity contribution in [3.05, 3.63) is 45.8 Å². The molecule has 0 atom stereocenters. The van der Waals surface area contributed by atoms with Gasteiger partial charge >= 0.3 is 5.82 Å². The summed E-state index contributed by atoms with van der Waals surface area (Å²) in [5.74, 6) is 0.191. The Kier molecular flexibility index (Phi) is 4.72. The number of nitrogens with zero attached hydrogens (tertiary/aromatic N) is 5. The minimum Gasteiger partial charge on any atom is -0.358 e. The number of piperazine rings is 1. The molecule has 1 aliphatic heterocycles. The van der Waals surface area contributed by atoms with E-state index >= 15 is 0 Å². The Morgan fingerprint density at radius 1 is 1.12 bits per heavy atom. The van der Waals surface area contributed by atoms with Crippen LogP contribution in [0.4, 0.5) is 11.6 Å². The fourth-order valence-corrected chi connectivity index (χ4v) is 4.58. The monoisotopic (exact) mass is 379 g/mol. The Labute approximate surface area is 152 Å². The minimum atomic E-state index is -3.58. The van der Waals surface area contributed by atoms with Crippen LogP contribution in [-0.2, 0) is 17.1 Å². The molecular formula is C16H21N5O4S. The highest BCUT2D eigenvalue weighted by atomic mass is 32.2. The molecule has 1 fully saturated rings. The van der Waals surface area contributed by atoms with E-state index in [1.807, 2.05) is 13.8 Å². The zero-order chi connectivity index (χ0) is 19.1. The first kappa shape index (κ1) is 18.3. The van der Waals surface area contributed by atoms with Crippen molar-refractivity contribution in [1.29, 1.82) is 0 Å². The maximum Gasteiger partial charge on any atom is 0.406 e. The average molecular weight is 379 g/mol. The van der Waals surface area contributed by atoms with Crippen molar-refractivity contribution >= 4 is 21.7 Å². The van der Waals surface area contributed by atoms with E-state index in [0.29, 0.717) is 18.9 Å². The highest BCUT2D eigenvalue weighted by molar-refractivity contribution is 7.89. The van der Waals surface area contributed by atoms with Gasteiger partial charge in [0.1, 0.15) is 0 Å². The third kappa shape index (κ3) is 3.17. The molecule has 0 saturated carbocycles. The van der Waals surface area contributed by atoms with E-state index in [-0.39, 0.29) is 23.8 Å². The first-order chi connectivity index (χ1) is 12.2. The van der Waals surface area contributed by atoms with E-state index in [1.165, 1.54) is 10.6 Å². The summed E-state index contributed by atoms with van der Waals surface area (Å²) >= 11 is 0. The smallest absolute Gasteiger partial charge is 0.358 e. The predicted octanol–water partition coefficient (Wildman–Crippen LogP) is 1.46. The van der Waals surface area contributed by atoms with Gasteiger partial charge in [0.05, 0.1) is 4.90 Å². The van der Waals surface area contributed by atoms with Crippen molar-refractivity contribution in [3.8, 4) is 0 Å². The summed E-state index contributed by atoms with van der Waals surface area (Å²) in [4.78, 5) is 16.5. The van der Waals surface area contributed by atoms with E-state index in [9.17, 15) is 18.5 Å². The van der Waals surface area contributed by atoms with E-state index in [0.717, 1.165) is 11.1 Å². The highest BCUT2D eigenvalue weighted by Gasteiger charge is 2.33. The lowest BCUT2D eigenvalue weighted by atomic mass is 10.1. The second-order valence-corrected chi connectivity index (χ2v) is 8.33. The fourth-order valence-electron chi connectivity index (χ4n) is 3.07. The molecule has 140 valence electrons. The summed E-state index contributed by atoms with van der Waals surface area (Å²) in [5, 5.41) is 11.1. The molecule has 0 bridgehead atoms. The molecular weight excluding hydrogens is 358 g/mol. The number of aryl methyl sites for hydroxylation is 3. The number of sulfonamides is 1. The van der Waals surface area contributed by atoms with Gasteiger partial charge < -0.3 is 15.0 Å². The number of aromatic nitrogens is 2. The molecule has 1 aliphatic rings. The van der Waals surface area contributed by atoms with E-state index in [2.05, 4.69) is 4.98 Å². The molecule has 1 aromatic carbocycles. The first-order valence-corrected chi connectivity index (χ1v) is 9.64. The lowest BCUT2D eigenvalue weighted by molar-refractivity contribution is -0.388. The summed E-state index contributed by atoms with van der Waals surface area (Å²) < 4.78 is 28.8. The molecule has 9 nitrogen and oxygen atoms in total. The van der Waals surface area contributed by atoms with Crippen molar-refractivity contribution in [1.82, 2.24) is 13.9 Å². The molecule has 0 unspecified atom stereocenters. The van der Waals surface area contributed by atoms with Gasteiger partial charge in [-0.3, -0.25) is 4.57 Å². The van der Waals surface area contributed by atoms with Crippen LogP contribution in [0.2, 0.25) is 0 Å². The SMILES string of the molecule is Cc1ccc(S(=O)(=O)N2CCN(c3c([N+](=O)[O-])ncn3C)CC2)cc1C. The fraction of sp³-hybridized carbons (Fsp3) is 0.438. The lowest BCUT2D eigenvalue weighted by Crippen LogP contribution is -2.49. The molecule has 1 aromatic heterocycles. The summed E-state index contributed by atoms with van der Waals surface area (Å²) in [6, 6.07) is 5.11. The topological polar surface area (TPSA) is 102 Å². The van der Waals surface area contributed by atoms with E-state index < -0.39 is 14.9 Å². The van der Waals surface area contributed by atoms with Crippen LogP contribution in [0.3, 0.4) is 0 Å². The molecule has 0 aliphatic carbocycles. The Hall–Kier alpha value is -2.46. The normalized spacial score (nSPS) is 16.0. The Morgan fingerprint density at radius 2 is 1.77 bits per heavy atom. The Bertz CT molecular complexity index is 946. The van der Waals surface area contributed by atoms with Crippen LogP contribution in [0, 0.1) is 24.0 Å². The van der Waals surface area contributed by atoms with Crippen LogP contribution in [0.5, 0.6) is 0 Å². The third-order valence-electron chi connectivity index (χ3n) is 4.71. The van der Waals surface area contributed by atoms with Gasteiger partial charge in [-0.1, -0.05) is 6.07 Å². The molecule has 0 radical (unpaired) electrons. The lowest BCUT2D eigenvalue weighted by Gasteiger charge is -2.34. The molecule has 2 heterocycles. The van der Waals surface area contributed by atoms with Crippen LogP contribution in [0.25, 0.3) is 0 Å². The maximum absolute atomic E-state index is 12.9. The average Bonchev–Trinajstić information content (AvgIpc) is 2.99. The maximum atomic E-state index is 12.9. The quantitative estimate of drug-likeness (QED) is 0.589. The largest absolute Gasteiger partial charge is 0.406 e. The van der Waals surface area contributed by atoms with Gasteiger partial charge in [-0.15, -0.1) is 0 Å². The van der Waals surface area contributed by atoms with E-state index in [1.54, 1.807) is 34.7 Å². The number of nitro groups is 1. The summed E-state index contributed by atoms with van der Waals surface area (Å²) in [6.07, 6.45) is 1.39. The Morgan fingerprint density at radius 3 is 2.35 bits per heavy atom. The van der Waals surface area contributed by atoms with Crippen molar-refractivity contribution in [3.63, 3.8) is 0 Å². The molecule has 0 N–H and O–H groups in total. The third-order valence-corrected chi connectivity index (χ3v) is 6.61. The number of imidazole rings is 1. The molecule has 1 saturated heterocycles. The van der Waals surface area contributed by atoms with Crippen molar-refractivity contribution in [2.24, 2.45) is 7.05 Å². The first-order valence-electron chi connectivity index (χ1n) is 8.20. The van der Waals surface area contributed by atoms with Crippen molar-refractivity contribution in [2.45, 2.75) is 18.7 Å². The second-order valence-electron chi connectivity index (χ2n) is 6.40. The minimum absolute atomic E-state index is 0.210. The van der Waals surface area contributed by atoms with Gasteiger partial charge in [-0.05, 0) is 47.0 Å². The number of anilines is 1. The molecule has 0 spiro atoms. The molecule has 10 heteroatoms. The van der Waals surface area contributed by atoms with Crippen molar-refractivity contribution in [2.75, 3.05) is 31.1 Å². The van der Waals surface area contributed by atoms with Gasteiger partial charge in [0.15, 0.2) is 0 Å². The standard InChI is InChI=1S/C16H21N5O4S/c1-12-4-5-14(10-13(12)2)26(24,25)20-8-6-19(7-9-20)16-15(21(22)23)17-11-18(16)3/h4-5,10-11H,6-9H2,1-3H3. The van der Waals surface area contributed by atoms with Crippen LogP contribution in [0.1, 0.15) is 11.1 Å². The summed E-state index contributed by atoms with van der Waals surface area (Å²) in [7, 11) is -1.89. The van der Waals surface area contributed by atoms with Crippen LogP contribution in [0.15, 0.2) is 29.4 Å². The number of benzene rings is 1. The van der Waals surface area contributed by atoms with Crippen LogP contribution >= 0.6 is 0 Å². The van der Waals surface area contributed by atoms with Gasteiger partial charge in [0, 0.05) is 33.2 Å². The van der Waals surface area contributed by atoms with Crippen molar-refractivity contribution < 1.29 is 13.3 Å². The zero-order valence-corrected chi connectivity index (χ0v) is 15.7. The molecule has 0 amide bonds. The number of hydrogen-bond donors (Lipinski definition) is 0. The molecule has 3 rings (SSSR count). The predicted molar refractivity (Wildman–Crippen MR) is 96.8 cm³/mol. The number of rotatable bonds is 4. The van der Waals surface area contributed by atoms with E-state index in [4.69, 9.17) is 0 Å². The van der Waals surface area contributed by atoms with Crippen LogP contribution in [-0.4, -0.2) is 53.4 Å². The van der Waals surface area contributed by atoms with Gasteiger partial charge in [0.25, 0.3) is 0 Å². The van der Waals surface area contributed by atoms with Crippen LogP contribution < -0.4 is 4.90 Å². The summed E-state index contributed by atoms with van der Waals surface area (Å²) in [5.41, 5.74) is 1.97. The summed E-state index contributed by atoms with van der Waals surface area (Å²) in [6.45, 7) is 5.07. The highest BCUT2D eigenvalue weighted by Crippen LogP contribution is 2.28. The van der Waals surface area contributed by atoms with Gasteiger partial charge in [0.2, 0.25) is 22.2 Å². The molecule has 2 aromatic rings. The van der Waals surface area contributed by atoms with Gasteiger partial charge in [-0.25, -0.2) is 8.42 Å². The molecule has 26 heavy (non-hydrogen) atoms.